The van der Waals surface area contributed by atoms with Crippen LogP contribution in [-0.2, 0) is 16.0 Å². The fraction of sp³-hybridized carbons (Fsp3) is 0.500. The molecule has 0 radical (unpaired) electrons. The van der Waals surface area contributed by atoms with E-state index in [2.05, 4.69) is 5.32 Å². The molecule has 0 aliphatic rings. The average Bonchev–Trinajstić information content (AvgIpc) is 2.46. The van der Waals surface area contributed by atoms with E-state index in [0.717, 1.165) is 12.1 Å². The lowest BCUT2D eigenvalue weighted by Crippen LogP contribution is -2.34. The van der Waals surface area contributed by atoms with Crippen LogP contribution in [-0.4, -0.2) is 62.6 Å². The van der Waals surface area contributed by atoms with Crippen LogP contribution in [0.1, 0.15) is 12.5 Å². The number of nitrogens with one attached hydrogen (secondary N) is 1. The fourth-order valence-corrected chi connectivity index (χ4v) is 1.85. The van der Waals surface area contributed by atoms with Crippen molar-refractivity contribution in [3.8, 4) is 0 Å². The fourth-order valence-electron chi connectivity index (χ4n) is 1.85. The zero-order valence-electron chi connectivity index (χ0n) is 13.8. The summed E-state index contributed by atoms with van der Waals surface area (Å²) in [7, 11) is 5.72. The van der Waals surface area contributed by atoms with Gasteiger partial charge in [0.05, 0.1) is 13.0 Å². The Morgan fingerprint density at radius 2 is 1.82 bits per heavy atom. The Bertz CT molecular complexity index is 503. The molecule has 1 aromatic rings. The second kappa shape index (κ2) is 9.04. The molecule has 122 valence electrons. The van der Waals surface area contributed by atoms with Gasteiger partial charge in [-0.25, -0.2) is 4.79 Å². The molecule has 0 saturated carbocycles. The van der Waals surface area contributed by atoms with Crippen LogP contribution >= 0.6 is 0 Å². The minimum absolute atomic E-state index is 0.0139. The molecule has 0 heterocycles. The Balaban J connectivity index is 2.68. The first-order chi connectivity index (χ1) is 10.4. The number of carbonyl (C=O) groups is 2. The number of para-hydroxylation sites is 1. The highest BCUT2D eigenvalue weighted by atomic mass is 16.5. The van der Waals surface area contributed by atoms with Crippen molar-refractivity contribution < 1.29 is 14.3 Å². The van der Waals surface area contributed by atoms with Gasteiger partial charge in [-0.1, -0.05) is 18.2 Å². The summed E-state index contributed by atoms with van der Waals surface area (Å²) >= 11 is 0. The van der Waals surface area contributed by atoms with Crippen LogP contribution in [0.15, 0.2) is 24.3 Å². The van der Waals surface area contributed by atoms with Crippen molar-refractivity contribution in [1.29, 1.82) is 0 Å². The van der Waals surface area contributed by atoms with Crippen LogP contribution < -0.4 is 5.32 Å². The number of nitrogens with zero attached hydrogens (tertiary/aromatic N) is 2. The minimum atomic E-state index is -0.511. The van der Waals surface area contributed by atoms with Crippen molar-refractivity contribution >= 4 is 17.7 Å². The summed E-state index contributed by atoms with van der Waals surface area (Å²) in [4.78, 5) is 27.5. The summed E-state index contributed by atoms with van der Waals surface area (Å²) in [6.07, 6.45) is -0.268. The molecular weight excluding hydrogens is 282 g/mol. The molecule has 0 saturated heterocycles. The second-order valence-electron chi connectivity index (χ2n) is 5.30. The summed E-state index contributed by atoms with van der Waals surface area (Å²) in [6, 6.07) is 7.25. The molecule has 22 heavy (non-hydrogen) atoms. The van der Waals surface area contributed by atoms with Crippen molar-refractivity contribution in [2.24, 2.45) is 0 Å². The van der Waals surface area contributed by atoms with Gasteiger partial charge < -0.3 is 14.5 Å². The van der Waals surface area contributed by atoms with Crippen molar-refractivity contribution in [2.75, 3.05) is 46.2 Å². The minimum Gasteiger partial charge on any atom is -0.450 e. The maximum absolute atomic E-state index is 12.3. The van der Waals surface area contributed by atoms with Crippen molar-refractivity contribution in [3.05, 3.63) is 29.8 Å². The lowest BCUT2D eigenvalue weighted by atomic mass is 10.1. The molecule has 6 nitrogen and oxygen atoms in total. The van der Waals surface area contributed by atoms with E-state index in [9.17, 15) is 9.59 Å². The van der Waals surface area contributed by atoms with Gasteiger partial charge in [0.25, 0.3) is 0 Å². The third-order valence-electron chi connectivity index (χ3n) is 3.18. The molecule has 0 aliphatic carbocycles. The van der Waals surface area contributed by atoms with E-state index in [1.54, 1.807) is 24.9 Å². The smallest absolute Gasteiger partial charge is 0.411 e. The van der Waals surface area contributed by atoms with Gasteiger partial charge >= 0.3 is 6.09 Å². The first kappa shape index (κ1) is 18.0. The van der Waals surface area contributed by atoms with Gasteiger partial charge in [-0.05, 0) is 32.6 Å². The van der Waals surface area contributed by atoms with E-state index in [4.69, 9.17) is 4.74 Å². The standard InChI is InChI=1S/C16H25N3O3/c1-5-22-16(21)17-14-9-7-6-8-13(14)12-15(20)19(4)11-10-18(2)3/h6-9H,5,10-12H2,1-4H3,(H,17,21). The van der Waals surface area contributed by atoms with Gasteiger partial charge in [0.15, 0.2) is 0 Å². The summed E-state index contributed by atoms with van der Waals surface area (Å²) in [5.74, 6) is 0.0139. The number of likely N-dealkylation sites (N-methyl/N-ethyl adjacent to an activating group) is 2. The van der Waals surface area contributed by atoms with Gasteiger partial charge in [-0.2, -0.15) is 0 Å². The first-order valence-corrected chi connectivity index (χ1v) is 7.34. The first-order valence-electron chi connectivity index (χ1n) is 7.34. The molecule has 6 heteroatoms. The Morgan fingerprint density at radius 1 is 1.14 bits per heavy atom. The molecule has 0 spiro atoms. The van der Waals surface area contributed by atoms with Gasteiger partial charge in [0.1, 0.15) is 0 Å². The molecule has 2 amide bonds. The Kier molecular flexibility index (Phi) is 7.39. The van der Waals surface area contributed by atoms with E-state index in [0.29, 0.717) is 18.8 Å². The average molecular weight is 307 g/mol. The van der Waals surface area contributed by atoms with E-state index in [1.807, 2.05) is 37.2 Å². The van der Waals surface area contributed by atoms with Gasteiger partial charge in [0.2, 0.25) is 5.91 Å². The summed E-state index contributed by atoms with van der Waals surface area (Å²) in [5.41, 5.74) is 1.38. The monoisotopic (exact) mass is 307 g/mol. The van der Waals surface area contributed by atoms with Crippen molar-refractivity contribution in [3.63, 3.8) is 0 Å². The number of hydrogen-bond acceptors (Lipinski definition) is 4. The lowest BCUT2D eigenvalue weighted by molar-refractivity contribution is -0.129. The predicted octanol–water partition coefficient (Wildman–Crippen LogP) is 1.82. The second-order valence-corrected chi connectivity index (χ2v) is 5.30. The molecule has 1 aromatic carbocycles. The number of benzene rings is 1. The maximum atomic E-state index is 12.3. The molecule has 0 fully saturated rings. The number of carbonyl (C=O) groups excluding carboxylic acids is 2. The zero-order valence-corrected chi connectivity index (χ0v) is 13.8. The van der Waals surface area contributed by atoms with E-state index >= 15 is 0 Å². The van der Waals surface area contributed by atoms with Crippen LogP contribution in [0.5, 0.6) is 0 Å². The van der Waals surface area contributed by atoms with Gasteiger partial charge in [-0.3, -0.25) is 10.1 Å². The van der Waals surface area contributed by atoms with E-state index < -0.39 is 6.09 Å². The number of hydrogen-bond donors (Lipinski definition) is 1. The van der Waals surface area contributed by atoms with Crippen LogP contribution in [0.3, 0.4) is 0 Å². The maximum Gasteiger partial charge on any atom is 0.411 e. The molecule has 1 rings (SSSR count). The third kappa shape index (κ3) is 6.13. The molecule has 0 aliphatic heterocycles. The van der Waals surface area contributed by atoms with Crippen molar-refractivity contribution in [2.45, 2.75) is 13.3 Å². The molecule has 0 atom stereocenters. The SMILES string of the molecule is CCOC(=O)Nc1ccccc1CC(=O)N(C)CCN(C)C. The molecule has 0 unspecified atom stereocenters. The highest BCUT2D eigenvalue weighted by Gasteiger charge is 2.13. The molecule has 0 bridgehead atoms. The molecule has 1 N–H and O–H groups in total. The topological polar surface area (TPSA) is 61.9 Å². The van der Waals surface area contributed by atoms with E-state index in [1.165, 1.54) is 0 Å². The number of ether oxygens (including phenoxy) is 1. The van der Waals surface area contributed by atoms with Crippen LogP contribution in [0.2, 0.25) is 0 Å². The quantitative estimate of drug-likeness (QED) is 0.834. The van der Waals surface area contributed by atoms with Gasteiger partial charge in [0, 0.05) is 25.8 Å². The lowest BCUT2D eigenvalue weighted by Gasteiger charge is -2.20. The van der Waals surface area contributed by atoms with Crippen LogP contribution in [0.25, 0.3) is 0 Å². The highest BCUT2D eigenvalue weighted by molar-refractivity contribution is 5.88. The largest absolute Gasteiger partial charge is 0.450 e. The van der Waals surface area contributed by atoms with Crippen LogP contribution in [0.4, 0.5) is 10.5 Å². The number of anilines is 1. The number of rotatable bonds is 7. The molecule has 0 aromatic heterocycles. The highest BCUT2D eigenvalue weighted by Crippen LogP contribution is 2.16. The Hall–Kier alpha value is -2.08. The zero-order chi connectivity index (χ0) is 16.5. The summed E-state index contributed by atoms with van der Waals surface area (Å²) in [6.45, 7) is 3.53. The third-order valence-corrected chi connectivity index (χ3v) is 3.18. The van der Waals surface area contributed by atoms with Gasteiger partial charge in [-0.15, -0.1) is 0 Å². The predicted molar refractivity (Wildman–Crippen MR) is 87.0 cm³/mol. The number of amides is 2. The summed E-state index contributed by atoms with van der Waals surface area (Å²) in [5, 5.41) is 2.67. The molecular formula is C16H25N3O3. The Morgan fingerprint density at radius 3 is 2.45 bits per heavy atom. The normalized spacial score (nSPS) is 10.4. The Labute approximate surface area is 132 Å². The van der Waals surface area contributed by atoms with Crippen molar-refractivity contribution in [1.82, 2.24) is 9.80 Å². The summed E-state index contributed by atoms with van der Waals surface area (Å²) < 4.78 is 4.87. The van der Waals surface area contributed by atoms with Crippen LogP contribution in [0, 0.1) is 0 Å². The van der Waals surface area contributed by atoms with E-state index in [-0.39, 0.29) is 12.3 Å².